The van der Waals surface area contributed by atoms with Gasteiger partial charge < -0.3 is 10.1 Å². The lowest BCUT2D eigenvalue weighted by Crippen LogP contribution is -2.22. The maximum atomic E-state index is 11.9. The van der Waals surface area contributed by atoms with Crippen LogP contribution in [0.2, 0.25) is 4.34 Å². The molecule has 106 valence electrons. The molecule has 0 bridgehead atoms. The maximum Gasteiger partial charge on any atom is 0.367 e. The Balaban J connectivity index is 1.94. The number of thiophene rings is 1. The summed E-state index contributed by atoms with van der Waals surface area (Å²) < 4.78 is 5.49. The Kier molecular flexibility index (Phi) is 5.11. The van der Waals surface area contributed by atoms with Crippen LogP contribution >= 0.6 is 34.3 Å². The van der Waals surface area contributed by atoms with Crippen molar-refractivity contribution in [3.8, 4) is 0 Å². The van der Waals surface area contributed by atoms with Crippen molar-refractivity contribution in [2.24, 2.45) is 0 Å². The summed E-state index contributed by atoms with van der Waals surface area (Å²) in [6, 6.07) is 3.62. The first-order valence-electron chi connectivity index (χ1n) is 5.75. The summed E-state index contributed by atoms with van der Waals surface area (Å²) in [4.78, 5) is 28.2. The van der Waals surface area contributed by atoms with E-state index in [0.29, 0.717) is 10.9 Å². The number of hydrogen-bond acceptors (Lipinski definition) is 6. The van der Waals surface area contributed by atoms with Crippen LogP contribution in [0.15, 0.2) is 17.5 Å². The first-order chi connectivity index (χ1) is 9.60. The number of halogens is 1. The predicted octanol–water partition coefficient (Wildman–Crippen LogP) is 2.96. The van der Waals surface area contributed by atoms with Crippen LogP contribution < -0.4 is 5.32 Å². The number of carbonyl (C=O) groups excluding carboxylic acids is 2. The Morgan fingerprint density at radius 1 is 1.45 bits per heavy atom. The van der Waals surface area contributed by atoms with Crippen LogP contribution in [-0.4, -0.2) is 23.5 Å². The molecular formula is C12H11ClN2O3S2. The highest BCUT2D eigenvalue weighted by molar-refractivity contribution is 7.16. The van der Waals surface area contributed by atoms with Gasteiger partial charge in [-0.25, -0.2) is 9.78 Å². The van der Waals surface area contributed by atoms with Crippen molar-refractivity contribution in [3.05, 3.63) is 37.4 Å². The number of amides is 1. The second kappa shape index (κ2) is 6.83. The van der Waals surface area contributed by atoms with Crippen LogP contribution in [0.5, 0.6) is 0 Å². The van der Waals surface area contributed by atoms with E-state index in [0.717, 1.165) is 16.2 Å². The van der Waals surface area contributed by atoms with Crippen LogP contribution in [0.25, 0.3) is 0 Å². The lowest BCUT2D eigenvalue weighted by molar-refractivity contribution is 0.0526. The third kappa shape index (κ3) is 3.78. The SMILES string of the molecule is CCOC(=O)c1nc(C(=O)NCc2ccc(Cl)s2)cs1. The molecule has 0 spiro atoms. The number of esters is 1. The van der Waals surface area contributed by atoms with Gasteiger partial charge in [0, 0.05) is 10.3 Å². The minimum Gasteiger partial charge on any atom is -0.461 e. The highest BCUT2D eigenvalue weighted by Gasteiger charge is 2.16. The fraction of sp³-hybridized carbons (Fsp3) is 0.250. The van der Waals surface area contributed by atoms with Crippen LogP contribution in [0, 0.1) is 0 Å². The normalized spacial score (nSPS) is 10.3. The molecule has 0 aromatic carbocycles. The summed E-state index contributed by atoms with van der Waals surface area (Å²) in [5.41, 5.74) is 0.209. The quantitative estimate of drug-likeness (QED) is 0.856. The number of rotatable bonds is 5. The van der Waals surface area contributed by atoms with Crippen molar-refractivity contribution in [1.82, 2.24) is 10.3 Å². The number of thiazole rings is 1. The van der Waals surface area contributed by atoms with Crippen molar-refractivity contribution >= 4 is 46.2 Å². The zero-order chi connectivity index (χ0) is 14.5. The average molecular weight is 331 g/mol. The molecule has 1 amide bonds. The molecule has 0 aliphatic carbocycles. The van der Waals surface area contributed by atoms with Crippen molar-refractivity contribution in [1.29, 1.82) is 0 Å². The van der Waals surface area contributed by atoms with Crippen LogP contribution in [0.4, 0.5) is 0 Å². The Morgan fingerprint density at radius 3 is 2.90 bits per heavy atom. The maximum absolute atomic E-state index is 11.9. The molecule has 0 saturated heterocycles. The van der Waals surface area contributed by atoms with E-state index in [-0.39, 0.29) is 23.2 Å². The van der Waals surface area contributed by atoms with E-state index >= 15 is 0 Å². The van der Waals surface area contributed by atoms with Gasteiger partial charge >= 0.3 is 5.97 Å². The molecule has 0 saturated carbocycles. The summed E-state index contributed by atoms with van der Waals surface area (Å²) in [5.74, 6) is -0.845. The fourth-order valence-electron chi connectivity index (χ4n) is 1.37. The monoisotopic (exact) mass is 330 g/mol. The molecule has 0 fully saturated rings. The summed E-state index contributed by atoms with van der Waals surface area (Å²) in [5, 5.41) is 4.43. The topological polar surface area (TPSA) is 68.3 Å². The molecule has 5 nitrogen and oxygen atoms in total. The van der Waals surface area contributed by atoms with Crippen LogP contribution in [0.1, 0.15) is 32.1 Å². The number of nitrogens with zero attached hydrogens (tertiary/aromatic N) is 1. The van der Waals surface area contributed by atoms with Gasteiger partial charge in [0.15, 0.2) is 0 Å². The second-order valence-electron chi connectivity index (χ2n) is 3.65. The van der Waals surface area contributed by atoms with Crippen molar-refractivity contribution < 1.29 is 14.3 Å². The first-order valence-corrected chi connectivity index (χ1v) is 7.82. The molecule has 2 rings (SSSR count). The first kappa shape index (κ1) is 15.0. The molecule has 8 heteroatoms. The van der Waals surface area contributed by atoms with Crippen molar-refractivity contribution in [3.63, 3.8) is 0 Å². The summed E-state index contributed by atoms with van der Waals surface area (Å²) >= 11 is 8.29. The highest BCUT2D eigenvalue weighted by atomic mass is 35.5. The zero-order valence-electron chi connectivity index (χ0n) is 10.5. The Labute approximate surface area is 128 Å². The molecule has 2 heterocycles. The summed E-state index contributed by atoms with van der Waals surface area (Å²) in [7, 11) is 0. The molecule has 1 N–H and O–H groups in total. The zero-order valence-corrected chi connectivity index (χ0v) is 12.9. The molecule has 0 aliphatic heterocycles. The number of ether oxygens (including phenoxy) is 1. The number of hydrogen-bond donors (Lipinski definition) is 1. The molecule has 2 aromatic heterocycles. The van der Waals surface area contributed by atoms with Gasteiger partial charge in [0.2, 0.25) is 5.01 Å². The van der Waals surface area contributed by atoms with E-state index in [1.54, 1.807) is 13.0 Å². The lowest BCUT2D eigenvalue weighted by atomic mass is 10.4. The minimum absolute atomic E-state index is 0.177. The van der Waals surface area contributed by atoms with E-state index < -0.39 is 5.97 Å². The Hall–Kier alpha value is -1.44. The van der Waals surface area contributed by atoms with E-state index in [9.17, 15) is 9.59 Å². The van der Waals surface area contributed by atoms with Gasteiger partial charge in [-0.2, -0.15) is 0 Å². The van der Waals surface area contributed by atoms with Gasteiger partial charge in [0.1, 0.15) is 5.69 Å². The van der Waals surface area contributed by atoms with Gasteiger partial charge in [-0.15, -0.1) is 22.7 Å². The summed E-state index contributed by atoms with van der Waals surface area (Å²) in [6.07, 6.45) is 0. The fourth-order valence-corrected chi connectivity index (χ4v) is 3.09. The third-order valence-corrected chi connectivity index (χ3v) is 4.29. The number of nitrogens with one attached hydrogen (secondary N) is 1. The molecule has 2 aromatic rings. The minimum atomic E-state index is -0.512. The standard InChI is InChI=1S/C12H11ClN2O3S2/c1-2-18-12(17)11-15-8(6-19-11)10(16)14-5-7-3-4-9(13)20-7/h3-4,6H,2,5H2,1H3,(H,14,16). The Morgan fingerprint density at radius 2 is 2.25 bits per heavy atom. The van der Waals surface area contributed by atoms with E-state index in [1.807, 2.05) is 6.07 Å². The number of carbonyl (C=O) groups is 2. The van der Waals surface area contributed by atoms with E-state index in [1.165, 1.54) is 16.7 Å². The van der Waals surface area contributed by atoms with Crippen LogP contribution in [0.3, 0.4) is 0 Å². The highest BCUT2D eigenvalue weighted by Crippen LogP contribution is 2.21. The average Bonchev–Trinajstić information content (AvgIpc) is 3.05. The molecule has 20 heavy (non-hydrogen) atoms. The summed E-state index contributed by atoms with van der Waals surface area (Å²) in [6.45, 7) is 2.37. The van der Waals surface area contributed by atoms with E-state index in [4.69, 9.17) is 16.3 Å². The Bertz CT molecular complexity index is 624. The van der Waals surface area contributed by atoms with Gasteiger partial charge in [-0.1, -0.05) is 11.6 Å². The molecule has 0 radical (unpaired) electrons. The van der Waals surface area contributed by atoms with Gasteiger partial charge in [-0.05, 0) is 19.1 Å². The molecule has 0 unspecified atom stereocenters. The molecule has 0 aliphatic rings. The van der Waals surface area contributed by atoms with Gasteiger partial charge in [0.25, 0.3) is 5.91 Å². The second-order valence-corrected chi connectivity index (χ2v) is 6.30. The number of aromatic nitrogens is 1. The van der Waals surface area contributed by atoms with Crippen molar-refractivity contribution in [2.75, 3.05) is 6.61 Å². The third-order valence-electron chi connectivity index (χ3n) is 2.24. The molecule has 0 atom stereocenters. The van der Waals surface area contributed by atoms with Gasteiger partial charge in [-0.3, -0.25) is 4.79 Å². The van der Waals surface area contributed by atoms with Gasteiger partial charge in [0.05, 0.1) is 17.5 Å². The van der Waals surface area contributed by atoms with E-state index in [2.05, 4.69) is 10.3 Å². The lowest BCUT2D eigenvalue weighted by Gasteiger charge is -2.00. The van der Waals surface area contributed by atoms with Crippen LogP contribution in [-0.2, 0) is 11.3 Å². The largest absolute Gasteiger partial charge is 0.461 e. The predicted molar refractivity (Wildman–Crippen MR) is 78.6 cm³/mol. The molecular weight excluding hydrogens is 320 g/mol. The van der Waals surface area contributed by atoms with Crippen molar-refractivity contribution in [2.45, 2.75) is 13.5 Å². The smallest absolute Gasteiger partial charge is 0.367 e.